The van der Waals surface area contributed by atoms with Gasteiger partial charge in [0.15, 0.2) is 0 Å². The number of nitrogens with zero attached hydrogens (tertiary/aromatic N) is 1. The van der Waals surface area contributed by atoms with Crippen molar-refractivity contribution in [3.63, 3.8) is 0 Å². The van der Waals surface area contributed by atoms with Crippen molar-refractivity contribution < 1.29 is 17.9 Å². The van der Waals surface area contributed by atoms with E-state index in [1.807, 2.05) is 48.5 Å². The topological polar surface area (TPSA) is 63.7 Å². The predicted octanol–water partition coefficient (Wildman–Crippen LogP) is 5.61. The third-order valence-corrected chi connectivity index (χ3v) is 11.8. The van der Waals surface area contributed by atoms with Gasteiger partial charge in [0.25, 0.3) is 0 Å². The van der Waals surface area contributed by atoms with Crippen molar-refractivity contribution in [3.05, 3.63) is 78.5 Å². The zero-order valence-corrected chi connectivity index (χ0v) is 25.6. The molecule has 0 aliphatic heterocycles. The predicted molar refractivity (Wildman–Crippen MR) is 154 cm³/mol. The van der Waals surface area contributed by atoms with Crippen molar-refractivity contribution >= 4 is 43.5 Å². The van der Waals surface area contributed by atoms with Gasteiger partial charge in [0.05, 0.1) is 0 Å². The Hall–Kier alpha value is -1.86. The van der Waals surface area contributed by atoms with Crippen LogP contribution < -0.4 is 4.46 Å². The molecule has 2 aromatic rings. The van der Waals surface area contributed by atoms with Gasteiger partial charge in [-0.3, -0.25) is 0 Å². The van der Waals surface area contributed by atoms with Crippen molar-refractivity contribution in [2.45, 2.75) is 76.3 Å². The van der Waals surface area contributed by atoms with Gasteiger partial charge in [0, 0.05) is 0 Å². The number of sulfonamides is 1. The SMILES string of the molecule is CCCCC(CC[Se]c1ccccc1)N(/C=C/C(=O)OCc1ccccc1)S(=O)(=O)CC[Si](C)(C)C. The average molecular weight is 595 g/mol. The molecule has 0 aliphatic carbocycles. The fraction of sp³-hybridized carbons (Fsp3) is 0.464. The van der Waals surface area contributed by atoms with Crippen LogP contribution in [0.3, 0.4) is 0 Å². The van der Waals surface area contributed by atoms with E-state index in [9.17, 15) is 13.2 Å². The van der Waals surface area contributed by atoms with E-state index in [1.165, 1.54) is 21.0 Å². The summed E-state index contributed by atoms with van der Waals surface area (Å²) in [5, 5.41) is 0.942. The van der Waals surface area contributed by atoms with Crippen molar-refractivity contribution in [1.29, 1.82) is 0 Å². The summed E-state index contributed by atoms with van der Waals surface area (Å²) in [5.74, 6) is -0.425. The molecule has 0 fully saturated rings. The molecule has 0 saturated heterocycles. The van der Waals surface area contributed by atoms with Gasteiger partial charge in [0.1, 0.15) is 0 Å². The summed E-state index contributed by atoms with van der Waals surface area (Å²) >= 11 is 0.276. The minimum absolute atomic E-state index is 0.110. The molecule has 0 spiro atoms. The normalized spacial score (nSPS) is 13.0. The van der Waals surface area contributed by atoms with Crippen molar-refractivity contribution in [3.8, 4) is 0 Å². The number of benzene rings is 2. The van der Waals surface area contributed by atoms with Crippen LogP contribution in [-0.4, -0.2) is 53.5 Å². The van der Waals surface area contributed by atoms with E-state index < -0.39 is 24.1 Å². The first-order valence-corrected chi connectivity index (χ1v) is 20.1. The zero-order chi connectivity index (χ0) is 26.4. The van der Waals surface area contributed by atoms with Crippen LogP contribution in [-0.2, 0) is 26.2 Å². The first-order valence-electron chi connectivity index (χ1n) is 12.7. The van der Waals surface area contributed by atoms with Crippen LogP contribution >= 0.6 is 0 Å². The van der Waals surface area contributed by atoms with Crippen molar-refractivity contribution in [2.75, 3.05) is 5.75 Å². The van der Waals surface area contributed by atoms with E-state index in [-0.39, 0.29) is 33.4 Å². The van der Waals surface area contributed by atoms with Gasteiger partial charge in [0.2, 0.25) is 0 Å². The maximum absolute atomic E-state index is 13.6. The van der Waals surface area contributed by atoms with Gasteiger partial charge in [-0.1, -0.05) is 6.07 Å². The van der Waals surface area contributed by atoms with Crippen LogP contribution in [0.2, 0.25) is 31.0 Å². The van der Waals surface area contributed by atoms with Crippen molar-refractivity contribution in [2.24, 2.45) is 0 Å². The van der Waals surface area contributed by atoms with E-state index in [2.05, 4.69) is 38.7 Å². The Bertz CT molecular complexity index is 1040. The summed E-state index contributed by atoms with van der Waals surface area (Å²) in [6.07, 6.45) is 6.21. The summed E-state index contributed by atoms with van der Waals surface area (Å²) in [6.45, 7) is 8.82. The molecule has 0 aliphatic rings. The molecule has 0 N–H and O–H groups in total. The van der Waals surface area contributed by atoms with Crippen LogP contribution in [0.15, 0.2) is 72.9 Å². The summed E-state index contributed by atoms with van der Waals surface area (Å²) in [6, 6.07) is 20.3. The molecule has 0 saturated carbocycles. The molecule has 0 aromatic heterocycles. The third-order valence-electron chi connectivity index (χ3n) is 5.73. The molecule has 0 radical (unpaired) electrons. The fourth-order valence-corrected chi connectivity index (χ4v) is 10.2. The number of carbonyl (C=O) groups is 1. The van der Waals surface area contributed by atoms with Gasteiger partial charge in [-0.05, 0) is 0 Å². The minimum atomic E-state index is -3.56. The number of carbonyl (C=O) groups excluding carboxylic acids is 1. The number of unbranched alkanes of at least 4 members (excludes halogenated alkanes) is 1. The quantitative estimate of drug-likeness (QED) is 0.144. The second kappa shape index (κ2) is 15.4. The molecular weight excluding hydrogens is 553 g/mol. The van der Waals surface area contributed by atoms with Gasteiger partial charge in [-0.2, -0.15) is 0 Å². The molecule has 0 bridgehead atoms. The van der Waals surface area contributed by atoms with Gasteiger partial charge in [-0.25, -0.2) is 0 Å². The zero-order valence-electron chi connectivity index (χ0n) is 22.1. The second-order valence-corrected chi connectivity index (χ2v) is 20.2. The van der Waals surface area contributed by atoms with E-state index >= 15 is 0 Å². The molecule has 8 heteroatoms. The van der Waals surface area contributed by atoms with Crippen LogP contribution in [0, 0.1) is 0 Å². The molecule has 198 valence electrons. The Balaban J connectivity index is 2.18. The Morgan fingerprint density at radius 2 is 1.67 bits per heavy atom. The summed E-state index contributed by atoms with van der Waals surface area (Å²) < 4.78 is 35.3. The number of esters is 1. The Kier molecular flexibility index (Phi) is 13.0. The molecular formula is C28H41NO4SSeSi. The van der Waals surface area contributed by atoms with Gasteiger partial charge < -0.3 is 0 Å². The second-order valence-electron chi connectivity index (χ2n) is 10.1. The van der Waals surface area contributed by atoms with Crippen LogP contribution in [0.1, 0.15) is 38.2 Å². The van der Waals surface area contributed by atoms with Gasteiger partial charge in [-0.15, -0.1) is 0 Å². The first kappa shape index (κ1) is 30.4. The molecule has 0 amide bonds. The summed E-state index contributed by atoms with van der Waals surface area (Å²) in [5.41, 5.74) is 0.892. The molecule has 1 unspecified atom stereocenters. The van der Waals surface area contributed by atoms with E-state index in [0.717, 1.165) is 36.6 Å². The van der Waals surface area contributed by atoms with E-state index in [4.69, 9.17) is 4.74 Å². The van der Waals surface area contributed by atoms with Crippen LogP contribution in [0.25, 0.3) is 0 Å². The number of ether oxygens (including phenoxy) is 1. The Morgan fingerprint density at radius 3 is 2.28 bits per heavy atom. The molecule has 36 heavy (non-hydrogen) atoms. The standard InChI is InChI=1S/C28H41NO4SSeSi/c1-5-6-15-26(19-22-35-27-16-11-8-12-17-27)29(34(31,32)21-23-36(2,3)4)20-18-28(30)33-24-25-13-9-7-10-14-25/h7-14,16-18,20,26H,5-6,15,19,21-24H2,1-4H3/b20-18+. The Morgan fingerprint density at radius 1 is 1.03 bits per heavy atom. The van der Waals surface area contributed by atoms with Gasteiger partial charge >= 0.3 is 220 Å². The molecule has 2 rings (SSSR count). The average Bonchev–Trinajstić information content (AvgIpc) is 2.85. The Labute approximate surface area is 225 Å². The van der Waals surface area contributed by atoms with E-state index in [1.54, 1.807) is 0 Å². The fourth-order valence-electron chi connectivity index (χ4n) is 3.56. The summed E-state index contributed by atoms with van der Waals surface area (Å²) in [4.78, 5) is 12.5. The molecule has 0 heterocycles. The molecule has 1 atom stereocenters. The number of hydrogen-bond donors (Lipinski definition) is 0. The molecule has 2 aromatic carbocycles. The molecule has 5 nitrogen and oxygen atoms in total. The third kappa shape index (κ3) is 11.9. The van der Waals surface area contributed by atoms with E-state index in [0.29, 0.717) is 6.04 Å². The van der Waals surface area contributed by atoms with Crippen LogP contribution in [0.4, 0.5) is 0 Å². The van der Waals surface area contributed by atoms with Crippen LogP contribution in [0.5, 0.6) is 0 Å². The maximum atomic E-state index is 13.6. The monoisotopic (exact) mass is 595 g/mol. The summed E-state index contributed by atoms with van der Waals surface area (Å²) in [7, 11) is -5.12. The first-order chi connectivity index (χ1) is 17.1. The van der Waals surface area contributed by atoms with Crippen molar-refractivity contribution in [1.82, 2.24) is 4.31 Å². The number of hydrogen-bond acceptors (Lipinski definition) is 4. The number of rotatable bonds is 16.